The molecule has 4 fully saturated rings. The lowest BCUT2D eigenvalue weighted by atomic mass is 10.4. The standard InChI is InChI=1S/C23H36ClN5S4/c24-21-25-22(28(30-17-9-1-2-10-17)31-18-11-3-4-12-18)27-23(26-21)29(32-19-13-5-6-14-19)33-20-15-7-8-16-20/h17-20H,1-16H2. The number of nitrogens with zero attached hydrogens (tertiary/aromatic N) is 5. The van der Waals surface area contributed by atoms with E-state index in [0.29, 0.717) is 26.3 Å². The first-order chi connectivity index (χ1) is 16.2. The maximum atomic E-state index is 6.55. The molecule has 0 spiro atoms. The molecule has 0 bridgehead atoms. The minimum Gasteiger partial charge on any atom is -0.224 e. The van der Waals surface area contributed by atoms with Crippen LogP contribution in [0.3, 0.4) is 0 Å². The molecule has 1 heterocycles. The van der Waals surface area contributed by atoms with Crippen LogP contribution in [-0.4, -0.2) is 36.0 Å². The average Bonchev–Trinajstić information content (AvgIpc) is 3.62. The molecule has 0 unspecified atom stereocenters. The van der Waals surface area contributed by atoms with Crippen molar-refractivity contribution in [2.75, 3.05) is 7.42 Å². The number of aromatic nitrogens is 3. The largest absolute Gasteiger partial charge is 0.252 e. The van der Waals surface area contributed by atoms with Crippen molar-refractivity contribution >= 4 is 71.3 Å². The number of rotatable bonds is 10. The van der Waals surface area contributed by atoms with E-state index in [2.05, 4.69) is 17.4 Å². The highest BCUT2D eigenvalue weighted by Crippen LogP contribution is 2.45. The van der Waals surface area contributed by atoms with E-state index in [1.807, 2.05) is 47.8 Å². The molecule has 33 heavy (non-hydrogen) atoms. The molecule has 184 valence electrons. The summed E-state index contributed by atoms with van der Waals surface area (Å²) in [5.41, 5.74) is 0. The monoisotopic (exact) mass is 545 g/mol. The number of hydrogen-bond acceptors (Lipinski definition) is 9. The summed E-state index contributed by atoms with van der Waals surface area (Å²) >= 11 is 14.3. The predicted molar refractivity (Wildman–Crippen MR) is 149 cm³/mol. The van der Waals surface area contributed by atoms with Gasteiger partial charge in [0.1, 0.15) is 0 Å². The van der Waals surface area contributed by atoms with E-state index in [-0.39, 0.29) is 0 Å². The second-order valence-electron chi connectivity index (χ2n) is 9.77. The first kappa shape index (κ1) is 25.0. The van der Waals surface area contributed by atoms with E-state index >= 15 is 0 Å². The van der Waals surface area contributed by atoms with Gasteiger partial charge >= 0.3 is 0 Å². The van der Waals surface area contributed by atoms with Gasteiger partial charge in [-0.2, -0.15) is 15.0 Å². The smallest absolute Gasteiger partial charge is 0.224 e. The molecule has 0 amide bonds. The summed E-state index contributed by atoms with van der Waals surface area (Å²) in [6.07, 6.45) is 21.0. The molecule has 0 aliphatic heterocycles. The molecule has 0 atom stereocenters. The van der Waals surface area contributed by atoms with Gasteiger partial charge in [-0.25, -0.2) is 7.42 Å². The molecule has 4 aliphatic carbocycles. The van der Waals surface area contributed by atoms with E-state index < -0.39 is 0 Å². The summed E-state index contributed by atoms with van der Waals surface area (Å²) in [4.78, 5) is 14.4. The summed E-state index contributed by atoms with van der Waals surface area (Å²) in [6, 6.07) is 0. The lowest BCUT2D eigenvalue weighted by Gasteiger charge is -2.28. The second-order valence-corrected chi connectivity index (χ2v) is 15.5. The topological polar surface area (TPSA) is 45.2 Å². The van der Waals surface area contributed by atoms with Gasteiger partial charge in [-0.1, -0.05) is 51.4 Å². The highest BCUT2D eigenvalue weighted by molar-refractivity contribution is 8.19. The molecule has 5 nitrogen and oxygen atoms in total. The van der Waals surface area contributed by atoms with Crippen LogP contribution in [0.2, 0.25) is 5.28 Å². The molecule has 1 aromatic heterocycles. The quantitative estimate of drug-likeness (QED) is 0.269. The van der Waals surface area contributed by atoms with Crippen LogP contribution in [0.4, 0.5) is 11.9 Å². The minimum atomic E-state index is 0.322. The Balaban J connectivity index is 1.38. The summed E-state index contributed by atoms with van der Waals surface area (Å²) in [5.74, 6) is 1.48. The van der Waals surface area contributed by atoms with Gasteiger partial charge in [0.05, 0.1) is 0 Å². The summed E-state index contributed by atoms with van der Waals surface area (Å²) < 4.78 is 4.61. The SMILES string of the molecule is Clc1nc(N(SC2CCCC2)SC2CCCC2)nc(N(SC2CCCC2)SC2CCCC2)n1. The van der Waals surface area contributed by atoms with Crippen LogP contribution in [0.25, 0.3) is 0 Å². The number of halogens is 1. The molecule has 1 aromatic rings. The zero-order valence-corrected chi connectivity index (χ0v) is 23.4. The highest BCUT2D eigenvalue weighted by Gasteiger charge is 2.30. The van der Waals surface area contributed by atoms with Gasteiger partial charge in [0.2, 0.25) is 5.28 Å². The van der Waals surface area contributed by atoms with Crippen LogP contribution in [0, 0.1) is 0 Å². The van der Waals surface area contributed by atoms with Crippen LogP contribution < -0.4 is 7.42 Å². The van der Waals surface area contributed by atoms with E-state index in [1.165, 1.54) is 103 Å². The molecule has 10 heteroatoms. The maximum Gasteiger partial charge on any atom is 0.252 e. The van der Waals surface area contributed by atoms with Crippen molar-refractivity contribution in [3.05, 3.63) is 5.28 Å². The van der Waals surface area contributed by atoms with Gasteiger partial charge in [0.15, 0.2) is 0 Å². The Bertz CT molecular complexity index is 656. The van der Waals surface area contributed by atoms with Crippen molar-refractivity contribution < 1.29 is 0 Å². The third-order valence-corrected chi connectivity index (χ3v) is 12.8. The lowest BCUT2D eigenvalue weighted by Crippen LogP contribution is -2.21. The van der Waals surface area contributed by atoms with Crippen molar-refractivity contribution in [1.82, 2.24) is 15.0 Å². The van der Waals surface area contributed by atoms with Crippen molar-refractivity contribution in [3.63, 3.8) is 0 Å². The van der Waals surface area contributed by atoms with Crippen LogP contribution >= 0.6 is 59.4 Å². The average molecular weight is 546 g/mol. The molecule has 0 radical (unpaired) electrons. The Hall–Kier alpha value is 0.300. The molecule has 0 aromatic carbocycles. The zero-order chi connectivity index (χ0) is 22.5. The van der Waals surface area contributed by atoms with E-state index in [1.54, 1.807) is 0 Å². The molecular weight excluding hydrogens is 510 g/mol. The Morgan fingerprint density at radius 1 is 0.485 bits per heavy atom. The van der Waals surface area contributed by atoms with Gasteiger partial charge < -0.3 is 0 Å². The Labute approximate surface area is 221 Å². The number of anilines is 2. The molecule has 4 saturated carbocycles. The van der Waals surface area contributed by atoms with Crippen LogP contribution in [0.15, 0.2) is 0 Å². The molecule has 0 saturated heterocycles. The van der Waals surface area contributed by atoms with E-state index in [0.717, 1.165) is 11.9 Å². The third-order valence-electron chi connectivity index (χ3n) is 7.10. The van der Waals surface area contributed by atoms with Crippen molar-refractivity contribution in [2.45, 2.75) is 124 Å². The van der Waals surface area contributed by atoms with E-state index in [9.17, 15) is 0 Å². The second kappa shape index (κ2) is 12.5. The molecule has 5 rings (SSSR count). The molecule has 4 aliphatic rings. The van der Waals surface area contributed by atoms with Crippen molar-refractivity contribution in [1.29, 1.82) is 0 Å². The maximum absolute atomic E-state index is 6.55. The van der Waals surface area contributed by atoms with Crippen molar-refractivity contribution in [2.24, 2.45) is 0 Å². The summed E-state index contributed by atoms with van der Waals surface area (Å²) in [5, 5.41) is 2.97. The Kier molecular flexibility index (Phi) is 9.46. The lowest BCUT2D eigenvalue weighted by molar-refractivity contribution is 0.886. The van der Waals surface area contributed by atoms with Crippen LogP contribution in [0.1, 0.15) is 103 Å². The fourth-order valence-corrected chi connectivity index (χ4v) is 11.2. The predicted octanol–water partition coefficient (Wildman–Crippen LogP) is 8.50. The van der Waals surface area contributed by atoms with Crippen LogP contribution in [0.5, 0.6) is 0 Å². The minimum absolute atomic E-state index is 0.322. The Morgan fingerprint density at radius 3 is 1.03 bits per heavy atom. The fourth-order valence-electron chi connectivity index (χ4n) is 5.25. The number of hydrogen-bond donors (Lipinski definition) is 0. The molecular formula is C23H36ClN5S4. The third kappa shape index (κ3) is 7.17. The molecule has 0 N–H and O–H groups in total. The first-order valence-corrected chi connectivity index (χ1v) is 16.6. The summed E-state index contributed by atoms with van der Waals surface area (Å²) in [6.45, 7) is 0. The van der Waals surface area contributed by atoms with Crippen LogP contribution in [-0.2, 0) is 0 Å². The van der Waals surface area contributed by atoms with Gasteiger partial charge in [-0.05, 0) is 111 Å². The van der Waals surface area contributed by atoms with Gasteiger partial charge in [-0.3, -0.25) is 0 Å². The van der Waals surface area contributed by atoms with E-state index in [4.69, 9.17) is 16.6 Å². The fraction of sp³-hybridized carbons (Fsp3) is 0.870. The Morgan fingerprint density at radius 2 is 0.758 bits per heavy atom. The summed E-state index contributed by atoms with van der Waals surface area (Å²) in [7, 11) is 0. The van der Waals surface area contributed by atoms with Gasteiger partial charge in [0, 0.05) is 21.0 Å². The first-order valence-electron chi connectivity index (χ1n) is 12.9. The highest BCUT2D eigenvalue weighted by atomic mass is 35.5. The van der Waals surface area contributed by atoms with Gasteiger partial charge in [0.25, 0.3) is 11.9 Å². The normalized spacial score (nSPS) is 23.2. The van der Waals surface area contributed by atoms with Crippen molar-refractivity contribution in [3.8, 4) is 0 Å². The van der Waals surface area contributed by atoms with Gasteiger partial charge in [-0.15, -0.1) is 0 Å². The zero-order valence-electron chi connectivity index (χ0n) is 19.4.